The summed E-state index contributed by atoms with van der Waals surface area (Å²) in [5.41, 5.74) is 2.52. The van der Waals surface area contributed by atoms with Gasteiger partial charge in [0.2, 0.25) is 16.0 Å². The smallest absolute Gasteiger partial charge is 0.415 e. The molecular weight excluding hydrogens is 570 g/mol. The number of hydrogen-bond acceptors (Lipinski definition) is 11. The number of para-hydroxylation sites is 1. The number of nitrogens with one attached hydrogen (secondary N) is 2. The maximum absolute atomic E-state index is 12.9. The molecule has 13 nitrogen and oxygen atoms in total. The molecule has 3 heterocycles. The Balaban J connectivity index is 1.41. The number of carbonyl (C=O) groups is 2. The molecule has 2 aromatic heterocycles. The number of sulfonamides is 1. The monoisotopic (exact) mass is 595 g/mol. The van der Waals surface area contributed by atoms with Gasteiger partial charge in [0.15, 0.2) is 5.13 Å². The number of thiazole rings is 1. The van der Waals surface area contributed by atoms with Crippen molar-refractivity contribution in [1.29, 1.82) is 0 Å². The molecule has 1 aliphatic heterocycles. The van der Waals surface area contributed by atoms with Crippen LogP contribution < -0.4 is 20.5 Å². The third kappa shape index (κ3) is 6.59. The van der Waals surface area contributed by atoms with Crippen LogP contribution in [0.3, 0.4) is 0 Å². The number of nitrogens with two attached hydrogens (primary N) is 1. The number of amides is 1. The number of aromatic nitrogens is 3. The Morgan fingerprint density at radius 3 is 2.49 bits per heavy atom. The lowest BCUT2D eigenvalue weighted by atomic mass is 10.1. The molecule has 41 heavy (non-hydrogen) atoms. The first-order chi connectivity index (χ1) is 19.6. The number of anilines is 3. The van der Waals surface area contributed by atoms with Crippen LogP contribution in [0.25, 0.3) is 0 Å². The molecule has 15 heteroatoms. The van der Waals surface area contributed by atoms with E-state index in [0.717, 1.165) is 16.9 Å². The van der Waals surface area contributed by atoms with Gasteiger partial charge in [-0.3, -0.25) is 5.32 Å². The summed E-state index contributed by atoms with van der Waals surface area (Å²) in [6.45, 7) is 2.44. The summed E-state index contributed by atoms with van der Waals surface area (Å²) >= 11 is 0.973. The van der Waals surface area contributed by atoms with Gasteiger partial charge in [0.25, 0.3) is 0 Å². The maximum atomic E-state index is 12.9. The minimum absolute atomic E-state index is 0.000747. The summed E-state index contributed by atoms with van der Waals surface area (Å²) in [6.07, 6.45) is -0.0844. The minimum atomic E-state index is -3.82. The third-order valence-corrected chi connectivity index (χ3v) is 8.18. The quantitative estimate of drug-likeness (QED) is 0.233. The highest BCUT2D eigenvalue weighted by molar-refractivity contribution is 7.89. The Kier molecular flexibility index (Phi) is 7.83. The highest BCUT2D eigenvalue weighted by Gasteiger charge is 2.27. The molecule has 0 radical (unpaired) electrons. The van der Waals surface area contributed by atoms with Crippen molar-refractivity contribution < 1.29 is 27.9 Å². The Morgan fingerprint density at radius 2 is 1.83 bits per heavy atom. The minimum Gasteiger partial charge on any atom is -0.477 e. The largest absolute Gasteiger partial charge is 0.477 e. The van der Waals surface area contributed by atoms with Crippen molar-refractivity contribution in [1.82, 2.24) is 19.9 Å². The molecule has 2 aromatic carbocycles. The van der Waals surface area contributed by atoms with E-state index in [1.165, 1.54) is 12.1 Å². The van der Waals surface area contributed by atoms with E-state index in [1.807, 2.05) is 6.07 Å². The average molecular weight is 596 g/mol. The van der Waals surface area contributed by atoms with Crippen LogP contribution >= 0.6 is 11.3 Å². The molecule has 5 rings (SSSR count). The molecule has 0 atom stereocenters. The summed E-state index contributed by atoms with van der Waals surface area (Å²) in [5.74, 6) is 0.0105. The summed E-state index contributed by atoms with van der Waals surface area (Å²) in [5, 5.41) is 21.1. The van der Waals surface area contributed by atoms with Gasteiger partial charge in [0.1, 0.15) is 16.4 Å². The summed E-state index contributed by atoms with van der Waals surface area (Å²) in [4.78, 5) is 39.5. The standard InChI is InChI=1S/C26H25N7O6S2/c1-15-21(23(34)35)40-25(29-15)32-24-30-20-11-12-33(26(36)39-17-5-3-2-4-6-17)14-19(20)22(31-24)28-13-16-7-9-18(10-8-16)41(27,37)38/h2-10H,11-14H2,1H3,(H,34,35)(H2,27,37,38)(H2,28,29,30,31,32). The second kappa shape index (κ2) is 11.5. The van der Waals surface area contributed by atoms with Crippen LogP contribution in [0.4, 0.5) is 21.7 Å². The molecule has 0 fully saturated rings. The molecule has 0 saturated heterocycles. The van der Waals surface area contributed by atoms with E-state index in [4.69, 9.17) is 9.88 Å². The predicted octanol–water partition coefficient (Wildman–Crippen LogP) is 3.50. The zero-order valence-electron chi connectivity index (χ0n) is 21.7. The number of carbonyl (C=O) groups excluding carboxylic acids is 1. The van der Waals surface area contributed by atoms with Gasteiger partial charge in [-0.05, 0) is 36.8 Å². The number of fused-ring (bicyclic) bond motifs is 1. The highest BCUT2D eigenvalue weighted by atomic mass is 32.2. The fourth-order valence-electron chi connectivity index (χ4n) is 4.15. The fraction of sp³-hybridized carbons (Fsp3) is 0.192. The van der Waals surface area contributed by atoms with Crippen LogP contribution in [0.5, 0.6) is 5.75 Å². The van der Waals surface area contributed by atoms with E-state index in [2.05, 4.69) is 25.6 Å². The van der Waals surface area contributed by atoms with Crippen molar-refractivity contribution >= 4 is 50.3 Å². The van der Waals surface area contributed by atoms with Gasteiger partial charge in [-0.1, -0.05) is 41.7 Å². The van der Waals surface area contributed by atoms with Crippen LogP contribution in [0, 0.1) is 6.92 Å². The van der Waals surface area contributed by atoms with Crippen molar-refractivity contribution in [2.75, 3.05) is 17.2 Å². The van der Waals surface area contributed by atoms with Crippen molar-refractivity contribution in [3.63, 3.8) is 0 Å². The molecule has 0 saturated carbocycles. The lowest BCUT2D eigenvalue weighted by Crippen LogP contribution is -2.38. The average Bonchev–Trinajstić information content (AvgIpc) is 3.31. The first-order valence-electron chi connectivity index (χ1n) is 12.3. The molecule has 0 unspecified atom stereocenters. The van der Waals surface area contributed by atoms with Crippen LogP contribution in [0.1, 0.15) is 32.2 Å². The van der Waals surface area contributed by atoms with Gasteiger partial charge in [-0.25, -0.2) is 33.1 Å². The molecule has 5 N–H and O–H groups in total. The molecule has 212 valence electrons. The van der Waals surface area contributed by atoms with E-state index < -0.39 is 22.1 Å². The lowest BCUT2D eigenvalue weighted by Gasteiger charge is -2.29. The van der Waals surface area contributed by atoms with Crippen molar-refractivity contribution in [3.05, 3.63) is 82.0 Å². The molecule has 1 aliphatic rings. The first-order valence-corrected chi connectivity index (χ1v) is 14.7. The number of ether oxygens (including phenoxy) is 1. The van der Waals surface area contributed by atoms with Crippen LogP contribution in [-0.2, 0) is 29.5 Å². The molecule has 0 bridgehead atoms. The van der Waals surface area contributed by atoms with E-state index in [1.54, 1.807) is 48.2 Å². The molecule has 1 amide bonds. The van der Waals surface area contributed by atoms with E-state index in [9.17, 15) is 23.1 Å². The van der Waals surface area contributed by atoms with Gasteiger partial charge in [-0.2, -0.15) is 4.98 Å². The SMILES string of the molecule is Cc1nc(Nc2nc3c(c(NCc4ccc(S(N)(=O)=O)cc4)n2)CN(C(=O)Oc2ccccc2)CC3)sc1C(=O)O. The number of carboxylic acids is 1. The maximum Gasteiger partial charge on any atom is 0.415 e. The number of aryl methyl sites for hydroxylation is 1. The van der Waals surface area contributed by atoms with Crippen LogP contribution in [0.15, 0.2) is 59.5 Å². The van der Waals surface area contributed by atoms with E-state index >= 15 is 0 Å². The van der Waals surface area contributed by atoms with E-state index in [0.29, 0.717) is 46.6 Å². The van der Waals surface area contributed by atoms with Gasteiger partial charge in [0.05, 0.1) is 22.8 Å². The van der Waals surface area contributed by atoms with Gasteiger partial charge in [-0.15, -0.1) is 0 Å². The Morgan fingerprint density at radius 1 is 1.10 bits per heavy atom. The number of rotatable bonds is 8. The zero-order chi connectivity index (χ0) is 29.1. The Hall–Kier alpha value is -4.60. The first kappa shape index (κ1) is 27.9. The second-order valence-corrected chi connectivity index (χ2v) is 11.6. The van der Waals surface area contributed by atoms with Crippen molar-refractivity contribution in [2.24, 2.45) is 5.14 Å². The number of aromatic carboxylic acids is 1. The normalized spacial score (nSPS) is 12.9. The van der Waals surface area contributed by atoms with Crippen LogP contribution in [-0.4, -0.2) is 52.0 Å². The van der Waals surface area contributed by atoms with Gasteiger partial charge >= 0.3 is 12.1 Å². The van der Waals surface area contributed by atoms with Gasteiger partial charge in [0, 0.05) is 25.1 Å². The van der Waals surface area contributed by atoms with Crippen molar-refractivity contribution in [2.45, 2.75) is 31.3 Å². The van der Waals surface area contributed by atoms with E-state index in [-0.39, 0.29) is 28.8 Å². The predicted molar refractivity (Wildman–Crippen MR) is 151 cm³/mol. The topological polar surface area (TPSA) is 190 Å². The number of benzene rings is 2. The van der Waals surface area contributed by atoms with Crippen molar-refractivity contribution in [3.8, 4) is 5.75 Å². The number of hydrogen-bond donors (Lipinski definition) is 4. The third-order valence-electron chi connectivity index (χ3n) is 6.19. The fourth-order valence-corrected chi connectivity index (χ4v) is 5.47. The Labute approximate surface area is 239 Å². The highest BCUT2D eigenvalue weighted by Crippen LogP contribution is 2.29. The van der Waals surface area contributed by atoms with Gasteiger partial charge < -0.3 is 20.1 Å². The molecule has 4 aromatic rings. The number of nitrogens with zero attached hydrogens (tertiary/aromatic N) is 4. The van der Waals surface area contributed by atoms with Crippen LogP contribution in [0.2, 0.25) is 0 Å². The molecular formula is C26H25N7O6S2. The lowest BCUT2D eigenvalue weighted by molar-refractivity contribution is 0.0701. The summed E-state index contributed by atoms with van der Waals surface area (Å²) in [7, 11) is -3.82. The molecule has 0 aliphatic carbocycles. The number of primary sulfonamides is 1. The molecule has 0 spiro atoms. The zero-order valence-corrected chi connectivity index (χ0v) is 23.3. The number of carboxylic acid groups (broad SMARTS) is 1. The Bertz CT molecular complexity index is 1710. The summed E-state index contributed by atoms with van der Waals surface area (Å²) in [6, 6.07) is 14.9. The summed E-state index contributed by atoms with van der Waals surface area (Å²) < 4.78 is 28.7. The second-order valence-electron chi connectivity index (χ2n) is 9.08.